The SMILES string of the molecule is CCCCCOS(=O)(=O)CCO.[H-].[Na+]. The van der Waals surface area contributed by atoms with E-state index >= 15 is 0 Å². The largest absolute Gasteiger partial charge is 1.00 e. The van der Waals surface area contributed by atoms with E-state index in [1.165, 1.54) is 0 Å². The van der Waals surface area contributed by atoms with Crippen molar-refractivity contribution in [2.45, 2.75) is 26.2 Å². The molecule has 6 heteroatoms. The third-order valence-electron chi connectivity index (χ3n) is 1.35. The molecule has 0 aromatic rings. The second-order valence-corrected chi connectivity index (χ2v) is 4.27. The summed E-state index contributed by atoms with van der Waals surface area (Å²) in [5.74, 6) is -0.306. The molecule has 0 spiro atoms. The standard InChI is InChI=1S/C7H16O4S.Na.H/c1-2-3-4-6-11-12(9,10)7-5-8;;/h8H,2-7H2,1H3;;/q;+1;-1. The van der Waals surface area contributed by atoms with Crippen molar-refractivity contribution in [3.05, 3.63) is 0 Å². The van der Waals surface area contributed by atoms with Gasteiger partial charge in [-0.1, -0.05) is 19.8 Å². The maximum absolute atomic E-state index is 10.8. The molecule has 0 heterocycles. The van der Waals surface area contributed by atoms with Gasteiger partial charge in [0, 0.05) is 0 Å². The number of rotatable bonds is 7. The smallest absolute Gasteiger partial charge is 1.00 e. The molecule has 0 unspecified atom stereocenters. The van der Waals surface area contributed by atoms with Crippen LogP contribution < -0.4 is 29.6 Å². The van der Waals surface area contributed by atoms with Crippen molar-refractivity contribution in [3.63, 3.8) is 0 Å². The van der Waals surface area contributed by atoms with Gasteiger partial charge in [0.05, 0.1) is 19.0 Å². The van der Waals surface area contributed by atoms with E-state index in [9.17, 15) is 8.42 Å². The van der Waals surface area contributed by atoms with Crippen molar-refractivity contribution in [2.75, 3.05) is 19.0 Å². The third kappa shape index (κ3) is 10.8. The zero-order valence-corrected chi connectivity index (χ0v) is 11.1. The van der Waals surface area contributed by atoms with E-state index < -0.39 is 10.1 Å². The van der Waals surface area contributed by atoms with Crippen molar-refractivity contribution in [3.8, 4) is 0 Å². The van der Waals surface area contributed by atoms with Crippen LogP contribution in [0.25, 0.3) is 0 Å². The quantitative estimate of drug-likeness (QED) is 0.296. The first kappa shape index (κ1) is 16.3. The van der Waals surface area contributed by atoms with Gasteiger partial charge >= 0.3 is 29.6 Å². The van der Waals surface area contributed by atoms with Gasteiger partial charge < -0.3 is 6.53 Å². The molecule has 0 fully saturated rings. The molecule has 0 saturated heterocycles. The predicted octanol–water partition coefficient (Wildman–Crippen LogP) is -2.37. The number of aliphatic hydroxyl groups is 1. The number of hydrogen-bond acceptors (Lipinski definition) is 4. The Morgan fingerprint density at radius 2 is 2.00 bits per heavy atom. The van der Waals surface area contributed by atoms with Gasteiger partial charge in [-0.2, -0.15) is 8.42 Å². The van der Waals surface area contributed by atoms with Gasteiger partial charge in [-0.05, 0) is 6.42 Å². The van der Waals surface area contributed by atoms with Crippen molar-refractivity contribution in [2.24, 2.45) is 0 Å². The van der Waals surface area contributed by atoms with E-state index in [0.717, 1.165) is 19.3 Å². The van der Waals surface area contributed by atoms with Crippen LogP contribution in [0, 0.1) is 0 Å². The summed E-state index contributed by atoms with van der Waals surface area (Å²) in [6.45, 7) is 1.88. The number of aliphatic hydroxyl groups excluding tert-OH is 1. The average Bonchev–Trinajstić information content (AvgIpc) is 1.98. The van der Waals surface area contributed by atoms with Crippen LogP contribution in [0.5, 0.6) is 0 Å². The Kier molecular flexibility index (Phi) is 11.8. The Labute approximate surface area is 104 Å². The molecule has 1 N–H and O–H groups in total. The Morgan fingerprint density at radius 1 is 1.38 bits per heavy atom. The van der Waals surface area contributed by atoms with E-state index in [4.69, 9.17) is 5.11 Å². The fourth-order valence-corrected chi connectivity index (χ4v) is 1.42. The van der Waals surface area contributed by atoms with Gasteiger partial charge in [-0.15, -0.1) is 0 Å². The summed E-state index contributed by atoms with van der Waals surface area (Å²) < 4.78 is 26.2. The second-order valence-electron chi connectivity index (χ2n) is 2.51. The first-order chi connectivity index (χ1) is 5.62. The number of hydrogen-bond donors (Lipinski definition) is 1. The van der Waals surface area contributed by atoms with Gasteiger partial charge in [-0.3, -0.25) is 4.18 Å². The number of unbranched alkanes of at least 4 members (excludes halogenated alkanes) is 2. The summed E-state index contributed by atoms with van der Waals surface area (Å²) in [5, 5.41) is 8.35. The minimum absolute atomic E-state index is 0. The van der Waals surface area contributed by atoms with Crippen molar-refractivity contribution >= 4 is 10.1 Å². The van der Waals surface area contributed by atoms with Crippen LogP contribution in [-0.2, 0) is 14.3 Å². The molecular weight excluding hydrogens is 203 g/mol. The Bertz CT molecular complexity index is 196. The summed E-state index contributed by atoms with van der Waals surface area (Å²) in [4.78, 5) is 0. The van der Waals surface area contributed by atoms with Gasteiger partial charge in [-0.25, -0.2) is 0 Å². The molecule has 0 aliphatic rings. The minimum atomic E-state index is -3.46. The van der Waals surface area contributed by atoms with Gasteiger partial charge in [0.25, 0.3) is 10.1 Å². The van der Waals surface area contributed by atoms with E-state index in [-0.39, 0.29) is 50.0 Å². The molecule has 0 aromatic heterocycles. The molecule has 4 nitrogen and oxygen atoms in total. The Balaban J connectivity index is -0.000000605. The Morgan fingerprint density at radius 3 is 2.46 bits per heavy atom. The van der Waals surface area contributed by atoms with Crippen LogP contribution in [0.15, 0.2) is 0 Å². The van der Waals surface area contributed by atoms with Crippen molar-refractivity contribution < 1.29 is 48.7 Å². The molecule has 76 valence electrons. The zero-order chi connectivity index (χ0) is 9.45. The second kappa shape index (κ2) is 9.43. The molecule has 0 bridgehead atoms. The van der Waals surface area contributed by atoms with Gasteiger partial charge in [0.2, 0.25) is 0 Å². The fourth-order valence-electron chi connectivity index (χ4n) is 0.709. The molecule has 0 rings (SSSR count). The van der Waals surface area contributed by atoms with E-state index in [2.05, 4.69) is 4.18 Å². The zero-order valence-electron chi connectivity index (χ0n) is 9.32. The summed E-state index contributed by atoms with van der Waals surface area (Å²) in [6, 6.07) is 0. The molecule has 0 aromatic carbocycles. The molecule has 0 amide bonds. The predicted molar refractivity (Wildman–Crippen MR) is 47.5 cm³/mol. The summed E-state index contributed by atoms with van der Waals surface area (Å²) in [7, 11) is -3.46. The summed E-state index contributed by atoms with van der Waals surface area (Å²) in [6.07, 6.45) is 2.75. The van der Waals surface area contributed by atoms with Crippen LogP contribution >= 0.6 is 0 Å². The monoisotopic (exact) mass is 220 g/mol. The Hall–Kier alpha value is 0.870. The van der Waals surface area contributed by atoms with Crippen LogP contribution in [0.3, 0.4) is 0 Å². The van der Waals surface area contributed by atoms with Crippen molar-refractivity contribution in [1.29, 1.82) is 0 Å². The molecule has 0 aliphatic heterocycles. The van der Waals surface area contributed by atoms with Crippen molar-refractivity contribution in [1.82, 2.24) is 0 Å². The van der Waals surface area contributed by atoms with Crippen LogP contribution in [0.1, 0.15) is 27.6 Å². The van der Waals surface area contributed by atoms with Gasteiger partial charge in [0.15, 0.2) is 0 Å². The topological polar surface area (TPSA) is 63.6 Å². The molecule has 0 radical (unpaired) electrons. The van der Waals surface area contributed by atoms with E-state index in [0.29, 0.717) is 0 Å². The van der Waals surface area contributed by atoms with Crippen LogP contribution in [0.2, 0.25) is 0 Å². The summed E-state index contributed by atoms with van der Waals surface area (Å²) >= 11 is 0. The molecular formula is C7H17NaO4S. The van der Waals surface area contributed by atoms with Gasteiger partial charge in [0.1, 0.15) is 0 Å². The molecule has 0 atom stereocenters. The van der Waals surface area contributed by atoms with E-state index in [1.807, 2.05) is 6.92 Å². The molecule has 13 heavy (non-hydrogen) atoms. The average molecular weight is 220 g/mol. The minimum Gasteiger partial charge on any atom is -1.00 e. The van der Waals surface area contributed by atoms with Crippen LogP contribution in [0.4, 0.5) is 0 Å². The van der Waals surface area contributed by atoms with E-state index in [1.54, 1.807) is 0 Å². The maximum Gasteiger partial charge on any atom is 1.00 e. The normalized spacial score (nSPS) is 10.9. The third-order valence-corrected chi connectivity index (χ3v) is 2.56. The molecule has 0 aliphatic carbocycles. The maximum atomic E-state index is 10.8. The fraction of sp³-hybridized carbons (Fsp3) is 1.00. The molecule has 0 saturated carbocycles. The first-order valence-corrected chi connectivity index (χ1v) is 5.68. The summed E-state index contributed by atoms with van der Waals surface area (Å²) in [5.41, 5.74) is 0. The van der Waals surface area contributed by atoms with Crippen LogP contribution in [-0.4, -0.2) is 32.5 Å². The first-order valence-electron chi connectivity index (χ1n) is 4.10.